The summed E-state index contributed by atoms with van der Waals surface area (Å²) in [6, 6.07) is 12.6. The van der Waals surface area contributed by atoms with Crippen LogP contribution in [0, 0.1) is 0 Å². The zero-order chi connectivity index (χ0) is 26.6. The molecule has 0 radical (unpaired) electrons. The zero-order valence-corrected chi connectivity index (χ0v) is 23.2. The van der Waals surface area contributed by atoms with Crippen molar-refractivity contribution in [2.75, 3.05) is 90.5 Å². The minimum Gasteiger partial charge on any atom is -0.495 e. The molecule has 2 heterocycles. The van der Waals surface area contributed by atoms with E-state index < -0.39 is 0 Å². The van der Waals surface area contributed by atoms with E-state index in [1.807, 2.05) is 12.2 Å². The number of methoxy groups -OCH3 is 2. The first-order valence-corrected chi connectivity index (χ1v) is 13.6. The lowest BCUT2D eigenvalue weighted by atomic mass is 10.0. The third kappa shape index (κ3) is 5.74. The molecular weight excluding hydrogens is 476 g/mol. The number of carbonyl (C=O) groups excluding carboxylic acids is 1. The first kappa shape index (κ1) is 26.3. The second-order valence-electron chi connectivity index (χ2n) is 10.6. The number of Topliss-reactive ketones (excluding diaryl/α,β-unsaturated/α-hetero) is 1. The summed E-state index contributed by atoms with van der Waals surface area (Å²) in [6.07, 6.45) is 5.56. The molecule has 0 atom stereocenters. The highest BCUT2D eigenvalue weighted by Crippen LogP contribution is 2.35. The van der Waals surface area contributed by atoms with Gasteiger partial charge in [0.1, 0.15) is 11.5 Å². The maximum atomic E-state index is 13.3. The number of hydrogen-bond donors (Lipinski definition) is 0. The van der Waals surface area contributed by atoms with Crippen molar-refractivity contribution in [2.24, 2.45) is 0 Å². The topological polar surface area (TPSA) is 48.5 Å². The van der Waals surface area contributed by atoms with Gasteiger partial charge in [0.25, 0.3) is 0 Å². The van der Waals surface area contributed by atoms with Crippen LogP contribution in [0.15, 0.2) is 47.5 Å². The van der Waals surface area contributed by atoms with Gasteiger partial charge in [0.2, 0.25) is 0 Å². The van der Waals surface area contributed by atoms with Crippen molar-refractivity contribution in [1.82, 2.24) is 9.80 Å². The van der Waals surface area contributed by atoms with E-state index in [2.05, 4.69) is 70.1 Å². The molecule has 0 aromatic heterocycles. The molecule has 0 N–H and O–H groups in total. The number of hydrogen-bond acceptors (Lipinski definition) is 7. The predicted molar refractivity (Wildman–Crippen MR) is 156 cm³/mol. The lowest BCUT2D eigenvalue weighted by molar-refractivity contribution is -0.111. The van der Waals surface area contributed by atoms with Crippen LogP contribution in [-0.2, 0) is 4.79 Å². The average molecular weight is 517 g/mol. The minimum atomic E-state index is 0.134. The lowest BCUT2D eigenvalue weighted by Crippen LogP contribution is -2.44. The largest absolute Gasteiger partial charge is 0.495 e. The van der Waals surface area contributed by atoms with Crippen molar-refractivity contribution in [3.05, 3.63) is 58.7 Å². The number of benzene rings is 2. The quantitative estimate of drug-likeness (QED) is 0.537. The Morgan fingerprint density at radius 1 is 0.632 bits per heavy atom. The van der Waals surface area contributed by atoms with Crippen LogP contribution >= 0.6 is 0 Å². The molecule has 2 aromatic carbocycles. The van der Waals surface area contributed by atoms with Crippen LogP contribution in [-0.4, -0.2) is 96.3 Å². The number of anilines is 2. The van der Waals surface area contributed by atoms with Crippen LogP contribution < -0.4 is 19.3 Å². The summed E-state index contributed by atoms with van der Waals surface area (Å²) in [7, 11) is 7.75. The van der Waals surface area contributed by atoms with Gasteiger partial charge in [-0.2, -0.15) is 0 Å². The molecule has 0 spiro atoms. The molecule has 7 heteroatoms. The summed E-state index contributed by atoms with van der Waals surface area (Å²) in [5, 5.41) is 0. The molecule has 3 aliphatic rings. The first-order chi connectivity index (χ1) is 18.4. The van der Waals surface area contributed by atoms with Gasteiger partial charge in [0.05, 0.1) is 25.6 Å². The molecule has 0 unspecified atom stereocenters. The van der Waals surface area contributed by atoms with Crippen molar-refractivity contribution in [3.63, 3.8) is 0 Å². The normalized spacial score (nSPS) is 21.5. The van der Waals surface area contributed by atoms with Crippen LogP contribution in [0.4, 0.5) is 11.4 Å². The Kier molecular flexibility index (Phi) is 8.05. The fourth-order valence-corrected chi connectivity index (χ4v) is 5.57. The standard InChI is InChI=1S/C31H40N4O3/c1-32-11-15-34(16-12-32)27-9-5-23(21-29(27)37-3)19-25-7-8-26(31(25)36)20-24-6-10-28(30(22-24)38-4)35-17-13-33(2)14-18-35/h5-6,9-10,19-22H,7-8,11-18H2,1-4H3/b25-19-,26-20-. The van der Waals surface area contributed by atoms with Crippen LogP contribution in [0.2, 0.25) is 0 Å². The molecule has 2 saturated heterocycles. The Bertz CT molecular complexity index is 1130. The second kappa shape index (κ2) is 11.6. The van der Waals surface area contributed by atoms with Gasteiger partial charge in [0, 0.05) is 63.5 Å². The number of ketones is 1. The zero-order valence-electron chi connectivity index (χ0n) is 23.2. The van der Waals surface area contributed by atoms with Gasteiger partial charge in [-0.3, -0.25) is 4.79 Å². The van der Waals surface area contributed by atoms with Crippen LogP contribution in [0.25, 0.3) is 12.2 Å². The van der Waals surface area contributed by atoms with Crippen LogP contribution in [0.3, 0.4) is 0 Å². The van der Waals surface area contributed by atoms with Crippen molar-refractivity contribution in [1.29, 1.82) is 0 Å². The third-order valence-corrected chi connectivity index (χ3v) is 8.02. The predicted octanol–water partition coefficient (Wildman–Crippen LogP) is 4.04. The average Bonchev–Trinajstić information content (AvgIpc) is 3.27. The van der Waals surface area contributed by atoms with E-state index in [-0.39, 0.29) is 5.78 Å². The SMILES string of the molecule is COc1cc(/C=C2/CC/C(=C/c3ccc(N4CCN(C)CC4)c(OC)c3)C2=O)ccc1N1CCN(C)CC1. The number of piperazine rings is 2. The van der Waals surface area contributed by atoms with E-state index in [1.54, 1.807) is 14.2 Å². The first-order valence-electron chi connectivity index (χ1n) is 13.6. The minimum absolute atomic E-state index is 0.134. The van der Waals surface area contributed by atoms with Gasteiger partial charge >= 0.3 is 0 Å². The summed E-state index contributed by atoms with van der Waals surface area (Å²) in [5.74, 6) is 1.85. The van der Waals surface area contributed by atoms with E-state index >= 15 is 0 Å². The number of nitrogens with zero attached hydrogens (tertiary/aromatic N) is 4. The Morgan fingerprint density at radius 3 is 1.39 bits per heavy atom. The molecular formula is C31H40N4O3. The Morgan fingerprint density at radius 2 is 1.03 bits per heavy atom. The number of allylic oxidation sites excluding steroid dienone is 2. The molecule has 1 saturated carbocycles. The monoisotopic (exact) mass is 516 g/mol. The van der Waals surface area contributed by atoms with Gasteiger partial charge in [-0.05, 0) is 74.5 Å². The summed E-state index contributed by atoms with van der Waals surface area (Å²) >= 11 is 0. The number of carbonyl (C=O) groups is 1. The molecule has 5 rings (SSSR count). The van der Waals surface area contributed by atoms with Gasteiger partial charge in [0.15, 0.2) is 5.78 Å². The van der Waals surface area contributed by atoms with E-state index in [0.717, 1.165) is 110 Å². The van der Waals surface area contributed by atoms with Crippen molar-refractivity contribution in [2.45, 2.75) is 12.8 Å². The van der Waals surface area contributed by atoms with Crippen LogP contribution in [0.5, 0.6) is 11.5 Å². The molecule has 2 aromatic rings. The Balaban J connectivity index is 1.31. The molecule has 202 valence electrons. The highest BCUT2D eigenvalue weighted by atomic mass is 16.5. The van der Waals surface area contributed by atoms with E-state index in [9.17, 15) is 4.79 Å². The molecule has 1 aliphatic carbocycles. The molecule has 0 bridgehead atoms. The number of likely N-dealkylation sites (N-methyl/N-ethyl adjacent to an activating group) is 2. The van der Waals surface area contributed by atoms with E-state index in [0.29, 0.717) is 0 Å². The summed E-state index contributed by atoms with van der Waals surface area (Å²) in [6.45, 7) is 8.13. The van der Waals surface area contributed by atoms with Gasteiger partial charge in [-0.1, -0.05) is 12.1 Å². The van der Waals surface area contributed by atoms with E-state index in [4.69, 9.17) is 9.47 Å². The molecule has 3 fully saturated rings. The molecule has 2 aliphatic heterocycles. The lowest BCUT2D eigenvalue weighted by Gasteiger charge is -2.34. The van der Waals surface area contributed by atoms with Crippen molar-refractivity contribution in [3.8, 4) is 11.5 Å². The summed E-state index contributed by atoms with van der Waals surface area (Å²) < 4.78 is 11.5. The van der Waals surface area contributed by atoms with Gasteiger partial charge in [-0.15, -0.1) is 0 Å². The second-order valence-corrected chi connectivity index (χ2v) is 10.6. The van der Waals surface area contributed by atoms with Crippen molar-refractivity contribution >= 4 is 29.3 Å². The summed E-state index contributed by atoms with van der Waals surface area (Å²) in [5.41, 5.74) is 5.95. The van der Waals surface area contributed by atoms with Gasteiger partial charge in [-0.25, -0.2) is 0 Å². The summed E-state index contributed by atoms with van der Waals surface area (Å²) in [4.78, 5) is 22.7. The Labute approximate surface area is 226 Å². The van der Waals surface area contributed by atoms with Crippen molar-refractivity contribution < 1.29 is 14.3 Å². The smallest absolute Gasteiger partial charge is 0.185 e. The molecule has 0 amide bonds. The van der Waals surface area contributed by atoms with E-state index in [1.165, 1.54) is 0 Å². The van der Waals surface area contributed by atoms with Crippen LogP contribution in [0.1, 0.15) is 24.0 Å². The molecule has 7 nitrogen and oxygen atoms in total. The fourth-order valence-electron chi connectivity index (χ4n) is 5.57. The molecule has 38 heavy (non-hydrogen) atoms. The number of rotatable bonds is 6. The maximum Gasteiger partial charge on any atom is 0.185 e. The third-order valence-electron chi connectivity index (χ3n) is 8.02. The van der Waals surface area contributed by atoms with Gasteiger partial charge < -0.3 is 29.1 Å². The maximum absolute atomic E-state index is 13.3. The number of ether oxygens (including phenoxy) is 2. The highest BCUT2D eigenvalue weighted by molar-refractivity contribution is 6.15. The fraction of sp³-hybridized carbons (Fsp3) is 0.452. The Hall–Kier alpha value is -3.29. The highest BCUT2D eigenvalue weighted by Gasteiger charge is 2.24.